The summed E-state index contributed by atoms with van der Waals surface area (Å²) in [6.07, 6.45) is 1.13. The Morgan fingerprint density at radius 3 is 2.65 bits per heavy atom. The Balaban J connectivity index is 1.97. The number of benzene rings is 2. The van der Waals surface area contributed by atoms with Gasteiger partial charge in [-0.2, -0.15) is 0 Å². The third-order valence-corrected chi connectivity index (χ3v) is 4.60. The van der Waals surface area contributed by atoms with E-state index in [1.165, 1.54) is 22.4 Å². The van der Waals surface area contributed by atoms with Crippen LogP contribution in [-0.2, 0) is 6.42 Å². The van der Waals surface area contributed by atoms with E-state index in [0.29, 0.717) is 6.04 Å². The summed E-state index contributed by atoms with van der Waals surface area (Å²) in [4.78, 5) is 0. The number of nitrogens with one attached hydrogen (secondary N) is 1. The molecule has 1 N–H and O–H groups in total. The molecule has 1 unspecified atom stereocenters. The fraction of sp³-hybridized carbons (Fsp3) is 0.333. The second-order valence-corrected chi connectivity index (χ2v) is 7.37. The van der Waals surface area contributed by atoms with E-state index >= 15 is 0 Å². The Bertz CT molecular complexity index is 625. The van der Waals surface area contributed by atoms with Crippen molar-refractivity contribution in [3.8, 4) is 0 Å². The maximum Gasteiger partial charge on any atom is 0.0570 e. The van der Waals surface area contributed by atoms with Gasteiger partial charge in [0.25, 0.3) is 0 Å². The average molecular weight is 330 g/mol. The van der Waals surface area contributed by atoms with Gasteiger partial charge in [0.1, 0.15) is 0 Å². The highest BCUT2D eigenvalue weighted by atomic mass is 79.9. The second-order valence-electron chi connectivity index (χ2n) is 6.46. The third-order valence-electron chi connectivity index (χ3n) is 4.15. The number of hydrogen-bond donors (Lipinski definition) is 1. The Morgan fingerprint density at radius 1 is 1.15 bits per heavy atom. The summed E-state index contributed by atoms with van der Waals surface area (Å²) in [5, 5.41) is 3.74. The Kier molecular flexibility index (Phi) is 3.37. The van der Waals surface area contributed by atoms with E-state index in [1.807, 2.05) is 0 Å². The average Bonchev–Trinajstić information content (AvgIpc) is 2.59. The highest BCUT2D eigenvalue weighted by Gasteiger charge is 2.38. The van der Waals surface area contributed by atoms with E-state index in [1.54, 1.807) is 0 Å². The molecule has 0 saturated carbocycles. The lowest BCUT2D eigenvalue weighted by Gasteiger charge is -2.29. The van der Waals surface area contributed by atoms with Crippen molar-refractivity contribution in [3.05, 3.63) is 63.6 Å². The van der Waals surface area contributed by atoms with Gasteiger partial charge in [-0.1, -0.05) is 54.0 Å². The molecule has 1 aliphatic carbocycles. The minimum absolute atomic E-state index is 0.236. The molecule has 2 aromatic rings. The minimum atomic E-state index is 0.236. The molecule has 0 spiro atoms. The first-order valence-corrected chi connectivity index (χ1v) is 7.86. The van der Waals surface area contributed by atoms with Crippen molar-refractivity contribution in [3.63, 3.8) is 0 Å². The largest absolute Gasteiger partial charge is 0.378 e. The van der Waals surface area contributed by atoms with Crippen LogP contribution >= 0.6 is 15.9 Å². The quantitative estimate of drug-likeness (QED) is 0.767. The fourth-order valence-corrected chi connectivity index (χ4v) is 3.86. The zero-order valence-corrected chi connectivity index (χ0v) is 13.8. The summed E-state index contributed by atoms with van der Waals surface area (Å²) in [6.45, 7) is 6.81. The molecule has 0 heterocycles. The Labute approximate surface area is 129 Å². The number of halogens is 1. The maximum atomic E-state index is 3.74. The van der Waals surface area contributed by atoms with Gasteiger partial charge in [-0.15, -0.1) is 0 Å². The summed E-state index contributed by atoms with van der Waals surface area (Å²) in [5.41, 5.74) is 5.61. The van der Waals surface area contributed by atoms with Gasteiger partial charge >= 0.3 is 0 Å². The summed E-state index contributed by atoms with van der Waals surface area (Å²) in [7, 11) is 0. The van der Waals surface area contributed by atoms with Gasteiger partial charge in [-0.25, -0.2) is 0 Å². The molecule has 104 valence electrons. The summed E-state index contributed by atoms with van der Waals surface area (Å²) in [5.74, 6) is 0. The van der Waals surface area contributed by atoms with Crippen molar-refractivity contribution < 1.29 is 0 Å². The van der Waals surface area contributed by atoms with Gasteiger partial charge in [-0.05, 0) is 53.6 Å². The molecule has 2 heteroatoms. The van der Waals surface area contributed by atoms with Crippen LogP contribution in [0.25, 0.3) is 0 Å². The Hall–Kier alpha value is -1.28. The van der Waals surface area contributed by atoms with Crippen LogP contribution in [0.2, 0.25) is 0 Å². The zero-order valence-electron chi connectivity index (χ0n) is 12.2. The molecule has 1 aliphatic rings. The van der Waals surface area contributed by atoms with Crippen LogP contribution in [0.5, 0.6) is 0 Å². The molecule has 0 fully saturated rings. The van der Waals surface area contributed by atoms with Crippen molar-refractivity contribution in [2.45, 2.75) is 33.2 Å². The molecule has 0 aliphatic heterocycles. The van der Waals surface area contributed by atoms with Crippen LogP contribution in [0.3, 0.4) is 0 Å². The predicted molar refractivity (Wildman–Crippen MR) is 89.2 cm³/mol. The number of anilines is 1. The van der Waals surface area contributed by atoms with Crippen LogP contribution in [0.1, 0.15) is 36.6 Å². The monoisotopic (exact) mass is 329 g/mol. The number of hydrogen-bond acceptors (Lipinski definition) is 1. The van der Waals surface area contributed by atoms with Crippen molar-refractivity contribution in [1.29, 1.82) is 0 Å². The normalized spacial score (nSPS) is 19.7. The molecular formula is C18H20BrN. The smallest absolute Gasteiger partial charge is 0.0570 e. The number of aryl methyl sites for hydroxylation is 1. The lowest BCUT2D eigenvalue weighted by Crippen LogP contribution is -2.24. The first kappa shape index (κ1) is 13.7. The zero-order chi connectivity index (χ0) is 14.3. The lowest BCUT2D eigenvalue weighted by atomic mass is 9.85. The van der Waals surface area contributed by atoms with E-state index in [4.69, 9.17) is 0 Å². The number of fused-ring (bicyclic) bond motifs is 1. The molecule has 3 rings (SSSR count). The van der Waals surface area contributed by atoms with Crippen molar-refractivity contribution in [2.75, 3.05) is 5.32 Å². The first-order valence-electron chi connectivity index (χ1n) is 7.07. The molecule has 0 amide bonds. The standard InChI is InChI=1S/C18H20BrN/c1-12-8-14(19)10-15(9-12)20-17-16-7-5-4-6-13(16)11-18(17,2)3/h4-10,17,20H,11H2,1-3H3. The van der Waals surface area contributed by atoms with Gasteiger partial charge in [0.05, 0.1) is 6.04 Å². The van der Waals surface area contributed by atoms with Gasteiger partial charge in [0, 0.05) is 10.2 Å². The van der Waals surface area contributed by atoms with Crippen molar-refractivity contribution in [2.24, 2.45) is 5.41 Å². The molecule has 1 atom stereocenters. The van der Waals surface area contributed by atoms with Crippen LogP contribution < -0.4 is 5.32 Å². The highest BCUT2D eigenvalue weighted by molar-refractivity contribution is 9.10. The van der Waals surface area contributed by atoms with Crippen LogP contribution in [0.15, 0.2) is 46.9 Å². The molecule has 1 nitrogen and oxygen atoms in total. The van der Waals surface area contributed by atoms with E-state index in [0.717, 1.165) is 10.9 Å². The Morgan fingerprint density at radius 2 is 1.90 bits per heavy atom. The van der Waals surface area contributed by atoms with Crippen molar-refractivity contribution >= 4 is 21.6 Å². The molecule has 0 saturated heterocycles. The minimum Gasteiger partial charge on any atom is -0.378 e. The first-order chi connectivity index (χ1) is 9.45. The van der Waals surface area contributed by atoms with Crippen LogP contribution in [0.4, 0.5) is 5.69 Å². The van der Waals surface area contributed by atoms with Crippen LogP contribution in [0, 0.1) is 12.3 Å². The molecule has 0 aromatic heterocycles. The van der Waals surface area contributed by atoms with E-state index in [-0.39, 0.29) is 5.41 Å². The number of rotatable bonds is 2. The van der Waals surface area contributed by atoms with E-state index in [9.17, 15) is 0 Å². The van der Waals surface area contributed by atoms with Crippen molar-refractivity contribution in [1.82, 2.24) is 0 Å². The molecular weight excluding hydrogens is 310 g/mol. The summed E-state index contributed by atoms with van der Waals surface area (Å²) >= 11 is 3.58. The van der Waals surface area contributed by atoms with Gasteiger partial charge in [-0.3, -0.25) is 0 Å². The van der Waals surface area contributed by atoms with Gasteiger partial charge in [0.2, 0.25) is 0 Å². The maximum absolute atomic E-state index is 3.74. The lowest BCUT2D eigenvalue weighted by molar-refractivity contribution is 0.337. The summed E-state index contributed by atoms with van der Waals surface area (Å²) in [6, 6.07) is 15.7. The van der Waals surface area contributed by atoms with Gasteiger partial charge in [0.15, 0.2) is 0 Å². The predicted octanol–water partition coefficient (Wildman–Crippen LogP) is 5.49. The molecule has 2 aromatic carbocycles. The SMILES string of the molecule is Cc1cc(Br)cc(NC2c3ccccc3CC2(C)C)c1. The van der Waals surface area contributed by atoms with Gasteiger partial charge < -0.3 is 5.32 Å². The van der Waals surface area contributed by atoms with Crippen LogP contribution in [-0.4, -0.2) is 0 Å². The third kappa shape index (κ3) is 2.49. The second kappa shape index (κ2) is 4.92. The fourth-order valence-electron chi connectivity index (χ4n) is 3.25. The summed E-state index contributed by atoms with van der Waals surface area (Å²) < 4.78 is 1.13. The van der Waals surface area contributed by atoms with E-state index < -0.39 is 0 Å². The highest BCUT2D eigenvalue weighted by Crippen LogP contribution is 2.46. The van der Waals surface area contributed by atoms with E-state index in [2.05, 4.69) is 84.5 Å². The molecule has 0 bridgehead atoms. The topological polar surface area (TPSA) is 12.0 Å². The molecule has 20 heavy (non-hydrogen) atoms. The molecule has 0 radical (unpaired) electrons.